The van der Waals surface area contributed by atoms with Gasteiger partial charge in [0, 0.05) is 55.0 Å². The van der Waals surface area contributed by atoms with Crippen LogP contribution < -0.4 is 0 Å². The summed E-state index contributed by atoms with van der Waals surface area (Å²) in [5.41, 5.74) is 4.81. The van der Waals surface area contributed by atoms with Crippen molar-refractivity contribution in [2.45, 2.75) is 27.1 Å². The number of aromatic nitrogens is 4. The van der Waals surface area contributed by atoms with Gasteiger partial charge < -0.3 is 5.48 Å². The molecule has 31 heavy (non-hydrogen) atoms. The van der Waals surface area contributed by atoms with Gasteiger partial charge in [0.15, 0.2) is 0 Å². The molecule has 4 rings (SSSR count). The first-order valence-electron chi connectivity index (χ1n) is 9.26. The van der Waals surface area contributed by atoms with Crippen LogP contribution >= 0.6 is 0 Å². The van der Waals surface area contributed by atoms with Crippen molar-refractivity contribution in [2.24, 2.45) is 0 Å². The standard InChI is InChI=1S/C23H21N5.CH4.Co.H2O/c1-4-13-24-19(8-1)16-28(17-20-9-2-5-14-25-20)18-21-10-7-12-23(27-21)22-11-3-6-15-26-22;;;/h1-15H,16-18H2;1H4;;1H2. The zero-order chi connectivity index (χ0) is 19.0. The maximum atomic E-state index is 4.82. The summed E-state index contributed by atoms with van der Waals surface area (Å²) in [5, 5.41) is 0. The van der Waals surface area contributed by atoms with E-state index in [0.717, 1.165) is 41.6 Å². The van der Waals surface area contributed by atoms with Gasteiger partial charge in [-0.1, -0.05) is 31.7 Å². The van der Waals surface area contributed by atoms with E-state index in [1.54, 1.807) is 6.20 Å². The van der Waals surface area contributed by atoms with Crippen LogP contribution in [0.15, 0.2) is 91.4 Å². The van der Waals surface area contributed by atoms with Gasteiger partial charge in [0.2, 0.25) is 0 Å². The van der Waals surface area contributed by atoms with Crippen LogP contribution in [-0.4, -0.2) is 30.3 Å². The Kier molecular flexibility index (Phi) is 11.2. The Morgan fingerprint density at radius 3 is 1.55 bits per heavy atom. The Hall–Kier alpha value is -2.97. The molecule has 4 aromatic heterocycles. The van der Waals surface area contributed by atoms with E-state index in [2.05, 4.69) is 25.9 Å². The SMILES string of the molecule is C.O.[Co].c1ccc(CN(Cc2ccccn2)Cc2cccc(-c3ccccn3)n2)nc1. The van der Waals surface area contributed by atoms with E-state index in [4.69, 9.17) is 4.98 Å². The van der Waals surface area contributed by atoms with Crippen LogP contribution in [0.4, 0.5) is 0 Å². The smallest absolute Gasteiger partial charge is 0.0890 e. The molecule has 4 aromatic rings. The Labute approximate surface area is 194 Å². The molecule has 0 atom stereocenters. The number of hydrogen-bond acceptors (Lipinski definition) is 5. The second-order valence-electron chi connectivity index (χ2n) is 6.52. The quantitative estimate of drug-likeness (QED) is 0.417. The van der Waals surface area contributed by atoms with E-state index in [1.165, 1.54) is 0 Å². The largest absolute Gasteiger partial charge is 0.412 e. The van der Waals surface area contributed by atoms with Crippen molar-refractivity contribution in [3.8, 4) is 11.4 Å². The second-order valence-corrected chi connectivity index (χ2v) is 6.52. The zero-order valence-electron chi connectivity index (χ0n) is 16.4. The second kappa shape index (κ2) is 13.4. The fourth-order valence-electron chi connectivity index (χ4n) is 3.06. The molecule has 6 nitrogen and oxygen atoms in total. The number of hydrogen-bond donors (Lipinski definition) is 0. The van der Waals surface area contributed by atoms with E-state index < -0.39 is 0 Å². The van der Waals surface area contributed by atoms with Crippen molar-refractivity contribution in [1.29, 1.82) is 0 Å². The van der Waals surface area contributed by atoms with Gasteiger partial charge >= 0.3 is 0 Å². The number of rotatable bonds is 7. The average molecular weight is 460 g/mol. The maximum absolute atomic E-state index is 4.82. The van der Waals surface area contributed by atoms with Crippen molar-refractivity contribution in [3.05, 3.63) is 108 Å². The monoisotopic (exact) mass is 460 g/mol. The van der Waals surface area contributed by atoms with Crippen LogP contribution in [0.3, 0.4) is 0 Å². The molecular weight excluding hydrogens is 433 g/mol. The van der Waals surface area contributed by atoms with E-state index in [-0.39, 0.29) is 29.7 Å². The Bertz CT molecular complexity index is 962. The molecule has 1 radical (unpaired) electrons. The Morgan fingerprint density at radius 2 is 1.03 bits per heavy atom. The molecule has 0 aliphatic carbocycles. The van der Waals surface area contributed by atoms with Crippen LogP contribution in [0, 0.1) is 0 Å². The molecule has 2 N–H and O–H groups in total. The van der Waals surface area contributed by atoms with Crippen molar-refractivity contribution < 1.29 is 22.3 Å². The fraction of sp³-hybridized carbons (Fsp3) is 0.167. The number of pyridine rings is 4. The predicted molar refractivity (Wildman–Crippen MR) is 119 cm³/mol. The van der Waals surface area contributed by atoms with Gasteiger partial charge in [-0.25, -0.2) is 4.98 Å². The predicted octanol–water partition coefficient (Wildman–Crippen LogP) is 3.94. The van der Waals surface area contributed by atoms with E-state index in [9.17, 15) is 0 Å². The van der Waals surface area contributed by atoms with Gasteiger partial charge in [0.25, 0.3) is 0 Å². The molecule has 0 saturated heterocycles. The molecule has 0 amide bonds. The molecule has 0 aromatic carbocycles. The van der Waals surface area contributed by atoms with E-state index in [1.807, 2.05) is 79.1 Å². The van der Waals surface area contributed by atoms with E-state index in [0.29, 0.717) is 6.54 Å². The van der Waals surface area contributed by atoms with Gasteiger partial charge in [-0.2, -0.15) is 0 Å². The molecular formula is C24H27CoN5O. The van der Waals surface area contributed by atoms with Gasteiger partial charge in [-0.15, -0.1) is 0 Å². The Balaban J connectivity index is 0.00000160. The first kappa shape index (κ1) is 26.1. The molecule has 163 valence electrons. The molecule has 7 heteroatoms. The van der Waals surface area contributed by atoms with Crippen LogP contribution in [0.25, 0.3) is 11.4 Å². The summed E-state index contributed by atoms with van der Waals surface area (Å²) < 4.78 is 0. The summed E-state index contributed by atoms with van der Waals surface area (Å²) in [7, 11) is 0. The minimum atomic E-state index is 0. The van der Waals surface area contributed by atoms with Crippen molar-refractivity contribution in [2.75, 3.05) is 0 Å². The van der Waals surface area contributed by atoms with Crippen molar-refractivity contribution in [3.63, 3.8) is 0 Å². The summed E-state index contributed by atoms with van der Waals surface area (Å²) in [4.78, 5) is 20.5. The molecule has 0 aliphatic rings. The third-order valence-electron chi connectivity index (χ3n) is 4.34. The summed E-state index contributed by atoms with van der Waals surface area (Å²) in [6.45, 7) is 2.16. The van der Waals surface area contributed by atoms with Crippen LogP contribution in [0.5, 0.6) is 0 Å². The van der Waals surface area contributed by atoms with Crippen LogP contribution in [0.1, 0.15) is 24.5 Å². The molecule has 0 unspecified atom stereocenters. The molecule has 0 bridgehead atoms. The maximum Gasteiger partial charge on any atom is 0.0890 e. The molecule has 0 spiro atoms. The minimum Gasteiger partial charge on any atom is -0.412 e. The topological polar surface area (TPSA) is 86.3 Å². The molecule has 0 aliphatic heterocycles. The molecule has 0 saturated carbocycles. The molecule has 0 fully saturated rings. The normalized spacial score (nSPS) is 9.84. The first-order valence-corrected chi connectivity index (χ1v) is 9.26. The average Bonchev–Trinajstić information content (AvgIpc) is 2.76. The van der Waals surface area contributed by atoms with Crippen molar-refractivity contribution >= 4 is 0 Å². The van der Waals surface area contributed by atoms with Gasteiger partial charge in [0.1, 0.15) is 0 Å². The Morgan fingerprint density at radius 1 is 0.548 bits per heavy atom. The fourth-order valence-corrected chi connectivity index (χ4v) is 3.06. The minimum absolute atomic E-state index is 0. The third kappa shape index (κ3) is 7.65. The van der Waals surface area contributed by atoms with Gasteiger partial charge in [0.05, 0.1) is 28.5 Å². The van der Waals surface area contributed by atoms with E-state index >= 15 is 0 Å². The van der Waals surface area contributed by atoms with Crippen LogP contribution in [0.2, 0.25) is 0 Å². The summed E-state index contributed by atoms with van der Waals surface area (Å²) in [5.74, 6) is 0. The summed E-state index contributed by atoms with van der Waals surface area (Å²) in [6, 6.07) is 23.9. The molecule has 4 heterocycles. The summed E-state index contributed by atoms with van der Waals surface area (Å²) >= 11 is 0. The van der Waals surface area contributed by atoms with Gasteiger partial charge in [-0.05, 0) is 48.5 Å². The zero-order valence-corrected chi connectivity index (χ0v) is 17.4. The first-order chi connectivity index (χ1) is 13.9. The van der Waals surface area contributed by atoms with Gasteiger partial charge in [-0.3, -0.25) is 19.9 Å². The number of nitrogens with zero attached hydrogens (tertiary/aromatic N) is 5. The third-order valence-corrected chi connectivity index (χ3v) is 4.34. The van der Waals surface area contributed by atoms with Crippen LogP contribution in [-0.2, 0) is 36.4 Å². The summed E-state index contributed by atoms with van der Waals surface area (Å²) in [6.07, 6.45) is 5.45. The van der Waals surface area contributed by atoms with Crippen molar-refractivity contribution in [1.82, 2.24) is 24.8 Å².